The van der Waals surface area contributed by atoms with Gasteiger partial charge in [-0.15, -0.1) is 0 Å². The van der Waals surface area contributed by atoms with Crippen LogP contribution in [-0.4, -0.2) is 23.3 Å². The van der Waals surface area contributed by atoms with Crippen molar-refractivity contribution in [1.29, 1.82) is 0 Å². The summed E-state index contributed by atoms with van der Waals surface area (Å²) in [5.41, 5.74) is 0.475. The van der Waals surface area contributed by atoms with E-state index in [-0.39, 0.29) is 18.1 Å². The number of Topliss-reactive ketones (excluding diaryl/α,β-unsaturated/α-hetero) is 1. The molecule has 0 saturated heterocycles. The monoisotopic (exact) mass is 163 g/mol. The first-order valence-electron chi connectivity index (χ1n) is 3.44. The molecule has 1 aromatic rings. The molecule has 4 nitrogen and oxygen atoms in total. The van der Waals surface area contributed by atoms with Gasteiger partial charge in [0.1, 0.15) is 0 Å². The molecule has 4 heteroatoms. The summed E-state index contributed by atoms with van der Waals surface area (Å²) in [7, 11) is 0. The van der Waals surface area contributed by atoms with E-state index in [1.807, 2.05) is 0 Å². The summed E-state index contributed by atoms with van der Waals surface area (Å²) in [6.07, 6.45) is 1.46. The Morgan fingerprint density at radius 3 is 3.00 bits per heavy atom. The fourth-order valence-electron chi connectivity index (χ4n) is 1.07. The molecule has 0 amide bonds. The summed E-state index contributed by atoms with van der Waals surface area (Å²) < 4.78 is 4.57. The van der Waals surface area contributed by atoms with Crippen LogP contribution in [0.3, 0.4) is 0 Å². The first-order valence-corrected chi connectivity index (χ1v) is 3.44. The summed E-state index contributed by atoms with van der Waals surface area (Å²) in [5.74, 6) is -0.720. The number of carbonyl (C=O) groups is 2. The Balaban J connectivity index is 2.62. The SMILES string of the molecule is O=C1COC(=O)c2ncccc21. The zero-order chi connectivity index (χ0) is 8.55. The van der Waals surface area contributed by atoms with Gasteiger partial charge in [0.15, 0.2) is 12.3 Å². The van der Waals surface area contributed by atoms with Gasteiger partial charge in [-0.3, -0.25) is 4.79 Å². The Morgan fingerprint density at radius 2 is 2.25 bits per heavy atom. The molecule has 0 aliphatic carbocycles. The molecule has 0 radical (unpaired) electrons. The Kier molecular flexibility index (Phi) is 1.40. The van der Waals surface area contributed by atoms with E-state index in [9.17, 15) is 9.59 Å². The lowest BCUT2D eigenvalue weighted by molar-refractivity contribution is 0.0435. The fraction of sp³-hybridized carbons (Fsp3) is 0.125. The van der Waals surface area contributed by atoms with Crippen molar-refractivity contribution in [2.75, 3.05) is 6.61 Å². The summed E-state index contributed by atoms with van der Waals surface area (Å²) in [6.45, 7) is -0.169. The van der Waals surface area contributed by atoms with Crippen molar-refractivity contribution in [3.05, 3.63) is 29.6 Å². The highest BCUT2D eigenvalue weighted by Crippen LogP contribution is 2.12. The van der Waals surface area contributed by atoms with Crippen LogP contribution >= 0.6 is 0 Å². The van der Waals surface area contributed by atoms with Crippen LogP contribution in [0.1, 0.15) is 20.8 Å². The van der Waals surface area contributed by atoms with E-state index in [0.717, 1.165) is 0 Å². The third kappa shape index (κ3) is 0.887. The van der Waals surface area contributed by atoms with E-state index in [2.05, 4.69) is 9.72 Å². The second-order valence-electron chi connectivity index (χ2n) is 2.40. The summed E-state index contributed by atoms with van der Waals surface area (Å²) >= 11 is 0. The van der Waals surface area contributed by atoms with Crippen LogP contribution in [0.25, 0.3) is 0 Å². The minimum Gasteiger partial charge on any atom is -0.453 e. The predicted molar refractivity (Wildman–Crippen MR) is 38.9 cm³/mol. The van der Waals surface area contributed by atoms with Gasteiger partial charge in [-0.2, -0.15) is 0 Å². The molecule has 1 aliphatic heterocycles. The van der Waals surface area contributed by atoms with Crippen LogP contribution in [0.2, 0.25) is 0 Å². The minimum atomic E-state index is -0.523. The number of aromatic nitrogens is 1. The lowest BCUT2D eigenvalue weighted by atomic mass is 10.1. The van der Waals surface area contributed by atoms with Crippen molar-refractivity contribution in [3.63, 3.8) is 0 Å². The van der Waals surface area contributed by atoms with E-state index in [1.54, 1.807) is 12.1 Å². The van der Waals surface area contributed by atoms with Gasteiger partial charge in [0.05, 0.1) is 5.56 Å². The maximum absolute atomic E-state index is 11.1. The summed E-state index contributed by atoms with van der Waals surface area (Å²) in [6, 6.07) is 3.19. The number of rotatable bonds is 0. The molecule has 0 fully saturated rings. The molecule has 0 N–H and O–H groups in total. The van der Waals surface area contributed by atoms with E-state index < -0.39 is 5.97 Å². The van der Waals surface area contributed by atoms with Gasteiger partial charge >= 0.3 is 5.97 Å². The van der Waals surface area contributed by atoms with Crippen LogP contribution in [0, 0.1) is 0 Å². The lowest BCUT2D eigenvalue weighted by Crippen LogP contribution is -2.24. The Morgan fingerprint density at radius 1 is 1.42 bits per heavy atom. The number of nitrogens with zero attached hydrogens (tertiary/aromatic N) is 1. The quantitative estimate of drug-likeness (QED) is 0.520. The van der Waals surface area contributed by atoms with Crippen molar-refractivity contribution in [3.8, 4) is 0 Å². The highest BCUT2D eigenvalue weighted by atomic mass is 16.5. The van der Waals surface area contributed by atoms with Crippen molar-refractivity contribution in [1.82, 2.24) is 4.98 Å². The molecule has 2 rings (SSSR count). The number of pyridine rings is 1. The number of hydrogen-bond acceptors (Lipinski definition) is 4. The van der Waals surface area contributed by atoms with E-state index >= 15 is 0 Å². The molecule has 0 atom stereocenters. The van der Waals surface area contributed by atoms with Gasteiger partial charge in [-0.25, -0.2) is 9.78 Å². The average molecular weight is 163 g/mol. The number of ether oxygens (including phenoxy) is 1. The Bertz CT molecular complexity index is 324. The molecular weight excluding hydrogens is 158 g/mol. The number of esters is 1. The van der Waals surface area contributed by atoms with Crippen molar-refractivity contribution in [2.45, 2.75) is 0 Å². The largest absolute Gasteiger partial charge is 0.453 e. The molecule has 0 aromatic carbocycles. The zero-order valence-corrected chi connectivity index (χ0v) is 6.11. The molecule has 1 aromatic heterocycles. The smallest absolute Gasteiger partial charge is 0.358 e. The second kappa shape index (κ2) is 2.41. The van der Waals surface area contributed by atoms with Crippen LogP contribution in [0.15, 0.2) is 18.3 Å². The zero-order valence-electron chi connectivity index (χ0n) is 6.11. The molecule has 0 unspecified atom stereocenters. The molecule has 0 saturated carbocycles. The fourth-order valence-corrected chi connectivity index (χ4v) is 1.07. The van der Waals surface area contributed by atoms with Crippen molar-refractivity contribution in [2.24, 2.45) is 0 Å². The first-order chi connectivity index (χ1) is 5.79. The normalized spacial score (nSPS) is 15.3. The highest BCUT2D eigenvalue weighted by molar-refractivity contribution is 6.09. The molecule has 0 bridgehead atoms. The van der Waals surface area contributed by atoms with E-state index in [0.29, 0.717) is 5.56 Å². The van der Waals surface area contributed by atoms with Gasteiger partial charge < -0.3 is 4.74 Å². The number of fused-ring (bicyclic) bond motifs is 1. The van der Waals surface area contributed by atoms with Gasteiger partial charge in [0, 0.05) is 6.20 Å². The van der Waals surface area contributed by atoms with Crippen LogP contribution < -0.4 is 0 Å². The molecule has 60 valence electrons. The van der Waals surface area contributed by atoms with Crippen LogP contribution in [0.5, 0.6) is 0 Å². The first kappa shape index (κ1) is 6.97. The molecular formula is C8H5NO3. The third-order valence-corrected chi connectivity index (χ3v) is 1.64. The molecule has 1 aliphatic rings. The Hall–Kier alpha value is -1.71. The second-order valence-corrected chi connectivity index (χ2v) is 2.40. The van der Waals surface area contributed by atoms with E-state index in [1.165, 1.54) is 6.20 Å². The van der Waals surface area contributed by atoms with Gasteiger partial charge in [0.25, 0.3) is 0 Å². The summed E-state index contributed by atoms with van der Waals surface area (Å²) in [4.78, 5) is 25.9. The Labute approximate surface area is 68.2 Å². The minimum absolute atomic E-state index is 0.119. The van der Waals surface area contributed by atoms with Crippen LogP contribution in [-0.2, 0) is 4.74 Å². The van der Waals surface area contributed by atoms with Crippen molar-refractivity contribution >= 4 is 11.8 Å². The average Bonchev–Trinajstić information content (AvgIpc) is 2.12. The van der Waals surface area contributed by atoms with Crippen molar-refractivity contribution < 1.29 is 14.3 Å². The maximum Gasteiger partial charge on any atom is 0.358 e. The highest BCUT2D eigenvalue weighted by Gasteiger charge is 2.25. The number of ketones is 1. The molecule has 0 spiro atoms. The van der Waals surface area contributed by atoms with Gasteiger partial charge in [-0.1, -0.05) is 0 Å². The third-order valence-electron chi connectivity index (χ3n) is 1.64. The predicted octanol–water partition coefficient (Wildman–Crippen LogP) is 0.435. The number of hydrogen-bond donors (Lipinski definition) is 0. The van der Waals surface area contributed by atoms with Gasteiger partial charge in [-0.05, 0) is 12.1 Å². The number of cyclic esters (lactones) is 1. The lowest BCUT2D eigenvalue weighted by Gasteiger charge is -2.11. The standard InChI is InChI=1S/C8H5NO3/c10-6-4-12-8(11)7-5(6)2-1-3-9-7/h1-3H,4H2. The topological polar surface area (TPSA) is 56.3 Å². The van der Waals surface area contributed by atoms with E-state index in [4.69, 9.17) is 0 Å². The molecule has 12 heavy (non-hydrogen) atoms. The van der Waals surface area contributed by atoms with Crippen LogP contribution in [0.4, 0.5) is 0 Å². The number of carbonyl (C=O) groups excluding carboxylic acids is 2. The maximum atomic E-state index is 11.1. The summed E-state index contributed by atoms with van der Waals surface area (Å²) in [5, 5.41) is 0. The molecule has 2 heterocycles. The van der Waals surface area contributed by atoms with Gasteiger partial charge in [0.2, 0.25) is 5.78 Å².